The Bertz CT molecular complexity index is 798. The van der Waals surface area contributed by atoms with Gasteiger partial charge in [0.2, 0.25) is 0 Å². The zero-order chi connectivity index (χ0) is 36.4. The molecule has 0 spiro atoms. The molecule has 50 heavy (non-hydrogen) atoms. The largest absolute Gasteiger partial charge is 0.481 e. The van der Waals surface area contributed by atoms with E-state index in [1.807, 2.05) is 0 Å². The second-order valence-electron chi connectivity index (χ2n) is 14.9. The van der Waals surface area contributed by atoms with Crippen LogP contribution in [-0.2, 0) is 14.3 Å². The van der Waals surface area contributed by atoms with Gasteiger partial charge >= 0.3 is 11.9 Å². The van der Waals surface area contributed by atoms with Crippen molar-refractivity contribution in [1.29, 1.82) is 0 Å². The lowest BCUT2D eigenvalue weighted by molar-refractivity contribution is -0.150. The smallest absolute Gasteiger partial charge is 0.306 e. The number of aliphatic carboxylic acids is 1. The number of carbonyl (C=O) groups excluding carboxylic acids is 1. The van der Waals surface area contributed by atoms with Gasteiger partial charge in [0.25, 0.3) is 0 Å². The number of hydrogen-bond acceptors (Lipinski definition) is 3. The molecule has 1 atom stereocenters. The maximum atomic E-state index is 12.5. The van der Waals surface area contributed by atoms with Crippen LogP contribution in [0.25, 0.3) is 0 Å². The van der Waals surface area contributed by atoms with Crippen molar-refractivity contribution >= 4 is 11.9 Å². The van der Waals surface area contributed by atoms with Gasteiger partial charge in [0.05, 0.1) is 0 Å². The molecule has 0 radical (unpaired) electrons. The summed E-state index contributed by atoms with van der Waals surface area (Å²) in [6.45, 7) is 4.48. The molecule has 1 N–H and O–H groups in total. The average Bonchev–Trinajstić information content (AvgIpc) is 3.10. The highest BCUT2D eigenvalue weighted by atomic mass is 16.5. The van der Waals surface area contributed by atoms with Crippen molar-refractivity contribution in [3.63, 3.8) is 0 Å². The van der Waals surface area contributed by atoms with Crippen LogP contribution in [0.2, 0.25) is 0 Å². The molecule has 4 heteroatoms. The molecule has 0 amide bonds. The molecule has 0 aromatic rings. The molecule has 0 aliphatic rings. The van der Waals surface area contributed by atoms with E-state index in [9.17, 15) is 9.59 Å². The first-order chi connectivity index (χ1) is 24.6. The lowest BCUT2D eigenvalue weighted by Crippen LogP contribution is -2.18. The van der Waals surface area contributed by atoms with Gasteiger partial charge in [-0.3, -0.25) is 9.59 Å². The number of rotatable bonds is 40. The van der Waals surface area contributed by atoms with E-state index >= 15 is 0 Å². The van der Waals surface area contributed by atoms with Gasteiger partial charge < -0.3 is 9.84 Å². The number of carbonyl (C=O) groups is 2. The third-order valence-electron chi connectivity index (χ3n) is 9.83. The monoisotopic (exact) mass is 701 g/mol. The van der Waals surface area contributed by atoms with Gasteiger partial charge in [-0.25, -0.2) is 0 Å². The van der Waals surface area contributed by atoms with E-state index in [4.69, 9.17) is 9.84 Å². The maximum Gasteiger partial charge on any atom is 0.306 e. The van der Waals surface area contributed by atoms with Gasteiger partial charge in [0.15, 0.2) is 0 Å². The number of carboxylic acids is 1. The van der Waals surface area contributed by atoms with Crippen LogP contribution < -0.4 is 0 Å². The molecule has 0 saturated carbocycles. The van der Waals surface area contributed by atoms with Crippen molar-refractivity contribution in [3.05, 3.63) is 36.5 Å². The lowest BCUT2D eigenvalue weighted by Gasteiger charge is -2.18. The Morgan fingerprint density at radius 3 is 1.28 bits per heavy atom. The summed E-state index contributed by atoms with van der Waals surface area (Å²) >= 11 is 0. The predicted molar refractivity (Wildman–Crippen MR) is 218 cm³/mol. The minimum absolute atomic E-state index is 0.0253. The maximum absolute atomic E-state index is 12.5. The highest BCUT2D eigenvalue weighted by Crippen LogP contribution is 2.18. The van der Waals surface area contributed by atoms with Crippen molar-refractivity contribution in [2.24, 2.45) is 0 Å². The Morgan fingerprint density at radius 2 is 0.800 bits per heavy atom. The molecule has 0 aliphatic carbocycles. The van der Waals surface area contributed by atoms with Crippen molar-refractivity contribution in [3.8, 4) is 0 Å². The first kappa shape index (κ1) is 48.2. The molecule has 0 bridgehead atoms. The summed E-state index contributed by atoms with van der Waals surface area (Å²) in [7, 11) is 0. The second-order valence-corrected chi connectivity index (χ2v) is 14.9. The summed E-state index contributed by atoms with van der Waals surface area (Å²) in [6.07, 6.45) is 55.1. The predicted octanol–water partition coefficient (Wildman–Crippen LogP) is 15.3. The quantitative estimate of drug-likeness (QED) is 0.0393. The number of ether oxygens (including phenoxy) is 1. The summed E-state index contributed by atoms with van der Waals surface area (Å²) in [4.78, 5) is 23.1. The topological polar surface area (TPSA) is 63.6 Å². The van der Waals surface area contributed by atoms with Crippen molar-refractivity contribution < 1.29 is 19.4 Å². The van der Waals surface area contributed by atoms with Crippen LogP contribution >= 0.6 is 0 Å². The Kier molecular flexibility index (Phi) is 40.0. The van der Waals surface area contributed by atoms with Crippen LogP contribution in [0.4, 0.5) is 0 Å². The molecule has 0 aromatic carbocycles. The molecular weight excluding hydrogens is 617 g/mol. The molecule has 1 unspecified atom stereocenters. The van der Waals surface area contributed by atoms with E-state index in [0.717, 1.165) is 57.8 Å². The van der Waals surface area contributed by atoms with E-state index in [0.29, 0.717) is 12.8 Å². The first-order valence-corrected chi connectivity index (χ1v) is 22.0. The van der Waals surface area contributed by atoms with E-state index in [1.54, 1.807) is 0 Å². The fraction of sp³-hybridized carbons (Fsp3) is 0.826. The zero-order valence-electron chi connectivity index (χ0n) is 33.5. The minimum Gasteiger partial charge on any atom is -0.481 e. The number of unbranched alkanes of at least 4 members (excludes halogenated alkanes) is 25. The molecule has 0 saturated heterocycles. The highest BCUT2D eigenvalue weighted by molar-refractivity contribution is 5.69. The standard InChI is InChI=1S/C46H84O4/c1-3-5-7-8-9-10-11-12-13-14-15-16-17-18-19-24-27-30-33-36-39-43-46(49)50-44(40-6-4-2)41-37-34-31-28-25-22-20-21-23-26-29-32-35-38-42-45(47)48/h9-10,12-13,18-19,44H,3-8,11,14-17,20-43H2,1-2H3,(H,47,48)/b10-9-,13-12-,19-18-. The Morgan fingerprint density at radius 1 is 0.440 bits per heavy atom. The normalized spacial score (nSPS) is 12.5. The van der Waals surface area contributed by atoms with Crippen LogP contribution in [0.15, 0.2) is 36.5 Å². The zero-order valence-corrected chi connectivity index (χ0v) is 33.5. The molecule has 292 valence electrons. The molecule has 0 heterocycles. The van der Waals surface area contributed by atoms with Gasteiger partial charge in [-0.1, -0.05) is 172 Å². The van der Waals surface area contributed by atoms with Crippen molar-refractivity contribution in [2.45, 2.75) is 245 Å². The SMILES string of the molecule is CCCCC/C=C\C/C=C\CCCC/C=C\CCCCCCCC(=O)OC(CCCC)CCCCCCCCCCCCCCCCC(=O)O. The molecule has 4 nitrogen and oxygen atoms in total. The average molecular weight is 701 g/mol. The molecule has 0 aromatic heterocycles. The van der Waals surface area contributed by atoms with E-state index < -0.39 is 5.97 Å². The summed E-state index contributed by atoms with van der Waals surface area (Å²) in [5.41, 5.74) is 0. The van der Waals surface area contributed by atoms with Gasteiger partial charge in [-0.2, -0.15) is 0 Å². The Hall–Kier alpha value is -1.84. The minimum atomic E-state index is -0.666. The van der Waals surface area contributed by atoms with Crippen LogP contribution in [0.5, 0.6) is 0 Å². The van der Waals surface area contributed by atoms with Gasteiger partial charge in [-0.15, -0.1) is 0 Å². The van der Waals surface area contributed by atoms with E-state index in [-0.39, 0.29) is 12.1 Å². The summed E-state index contributed by atoms with van der Waals surface area (Å²) in [5, 5.41) is 8.68. The fourth-order valence-corrected chi connectivity index (χ4v) is 6.55. The molecule has 0 rings (SSSR count). The number of esters is 1. The lowest BCUT2D eigenvalue weighted by atomic mass is 10.0. The van der Waals surface area contributed by atoms with Gasteiger partial charge in [0.1, 0.15) is 6.10 Å². The van der Waals surface area contributed by atoms with Crippen LogP contribution in [0.3, 0.4) is 0 Å². The van der Waals surface area contributed by atoms with Crippen LogP contribution in [0.1, 0.15) is 239 Å². The number of carboxylic acid groups (broad SMARTS) is 1. The van der Waals surface area contributed by atoms with Crippen molar-refractivity contribution in [2.75, 3.05) is 0 Å². The molecule has 0 aliphatic heterocycles. The third-order valence-corrected chi connectivity index (χ3v) is 9.83. The number of hydrogen-bond donors (Lipinski definition) is 1. The van der Waals surface area contributed by atoms with Crippen LogP contribution in [-0.4, -0.2) is 23.1 Å². The van der Waals surface area contributed by atoms with Crippen LogP contribution in [0, 0.1) is 0 Å². The molecular formula is C46H84O4. The Balaban J connectivity index is 3.63. The first-order valence-electron chi connectivity index (χ1n) is 22.0. The Labute approximate surface area is 311 Å². The summed E-state index contributed by atoms with van der Waals surface area (Å²) in [6, 6.07) is 0. The molecule has 0 fully saturated rings. The van der Waals surface area contributed by atoms with Gasteiger partial charge in [0, 0.05) is 12.8 Å². The third kappa shape index (κ3) is 40.6. The van der Waals surface area contributed by atoms with Crippen molar-refractivity contribution in [1.82, 2.24) is 0 Å². The summed E-state index contributed by atoms with van der Waals surface area (Å²) < 4.78 is 5.95. The highest BCUT2D eigenvalue weighted by Gasteiger charge is 2.14. The number of allylic oxidation sites excluding steroid dienone is 6. The van der Waals surface area contributed by atoms with Gasteiger partial charge in [-0.05, 0) is 89.9 Å². The fourth-order valence-electron chi connectivity index (χ4n) is 6.55. The second kappa shape index (κ2) is 41.6. The summed E-state index contributed by atoms with van der Waals surface area (Å²) in [5.74, 6) is -0.641. The van der Waals surface area contributed by atoms with E-state index in [2.05, 4.69) is 50.3 Å². The van der Waals surface area contributed by atoms with E-state index in [1.165, 1.54) is 154 Å².